The molecule has 0 amide bonds. The molecule has 18 heavy (non-hydrogen) atoms. The quantitative estimate of drug-likeness (QED) is 0.832. The van der Waals surface area contributed by atoms with Gasteiger partial charge in [0, 0.05) is 37.9 Å². The molecule has 0 spiro atoms. The second kappa shape index (κ2) is 5.87. The van der Waals surface area contributed by atoms with E-state index in [0.29, 0.717) is 5.41 Å². The van der Waals surface area contributed by atoms with E-state index in [1.54, 1.807) is 0 Å². The van der Waals surface area contributed by atoms with Crippen LogP contribution in [0.25, 0.3) is 0 Å². The fourth-order valence-electron chi connectivity index (χ4n) is 2.92. The molecule has 1 aliphatic carbocycles. The summed E-state index contributed by atoms with van der Waals surface area (Å²) < 4.78 is 1.97. The molecule has 0 bridgehead atoms. The third-order valence-electron chi connectivity index (χ3n) is 4.31. The molecule has 1 aliphatic rings. The number of aryl methyl sites for hydroxylation is 1. The molecule has 3 nitrogen and oxygen atoms in total. The standard InChI is InChI=1S/C15H27N3/c1-15(2)9-4-5-13(6-10-15)16-11-7-14-8-12-17-18(14)3/h8,12-13,16H,4-7,9-11H2,1-3H3. The number of aromatic nitrogens is 2. The summed E-state index contributed by atoms with van der Waals surface area (Å²) in [6.45, 7) is 5.89. The second-order valence-electron chi connectivity index (χ2n) is 6.44. The Bertz CT molecular complexity index is 368. The van der Waals surface area contributed by atoms with E-state index in [9.17, 15) is 0 Å². The van der Waals surface area contributed by atoms with Crippen LogP contribution >= 0.6 is 0 Å². The van der Waals surface area contributed by atoms with Crippen molar-refractivity contribution in [2.45, 2.75) is 58.4 Å². The minimum absolute atomic E-state index is 0.554. The van der Waals surface area contributed by atoms with Gasteiger partial charge in [0.25, 0.3) is 0 Å². The highest BCUT2D eigenvalue weighted by atomic mass is 15.3. The average Bonchev–Trinajstić information content (AvgIpc) is 2.62. The Morgan fingerprint density at radius 1 is 1.39 bits per heavy atom. The Labute approximate surface area is 111 Å². The van der Waals surface area contributed by atoms with Gasteiger partial charge in [-0.05, 0) is 37.2 Å². The van der Waals surface area contributed by atoms with Crippen LogP contribution in [-0.2, 0) is 13.5 Å². The lowest BCUT2D eigenvalue weighted by Crippen LogP contribution is -2.30. The first-order valence-electron chi connectivity index (χ1n) is 7.27. The zero-order valence-electron chi connectivity index (χ0n) is 12.1. The number of rotatable bonds is 4. The zero-order chi connectivity index (χ0) is 13.0. The average molecular weight is 249 g/mol. The first kappa shape index (κ1) is 13.6. The van der Waals surface area contributed by atoms with E-state index in [0.717, 1.165) is 19.0 Å². The van der Waals surface area contributed by atoms with E-state index in [4.69, 9.17) is 0 Å². The molecule has 2 rings (SSSR count). The highest BCUT2D eigenvalue weighted by molar-refractivity contribution is 5.00. The van der Waals surface area contributed by atoms with Gasteiger partial charge in [0.15, 0.2) is 0 Å². The lowest BCUT2D eigenvalue weighted by molar-refractivity contribution is 0.310. The SMILES string of the molecule is Cn1nccc1CCNC1CCCC(C)(C)CC1. The Morgan fingerprint density at radius 3 is 2.94 bits per heavy atom. The van der Waals surface area contributed by atoms with Crippen molar-refractivity contribution in [1.82, 2.24) is 15.1 Å². The molecule has 0 radical (unpaired) electrons. The van der Waals surface area contributed by atoms with Crippen LogP contribution in [0, 0.1) is 5.41 Å². The monoisotopic (exact) mass is 249 g/mol. The fraction of sp³-hybridized carbons (Fsp3) is 0.800. The van der Waals surface area contributed by atoms with Crippen LogP contribution in [0.4, 0.5) is 0 Å². The largest absolute Gasteiger partial charge is 0.314 e. The molecular weight excluding hydrogens is 222 g/mol. The maximum atomic E-state index is 4.20. The molecule has 1 N–H and O–H groups in total. The summed E-state index contributed by atoms with van der Waals surface area (Å²) in [5.74, 6) is 0. The predicted octanol–water partition coefficient (Wildman–Crippen LogP) is 2.91. The molecule has 0 aromatic carbocycles. The van der Waals surface area contributed by atoms with Gasteiger partial charge in [0.05, 0.1) is 0 Å². The van der Waals surface area contributed by atoms with Crippen molar-refractivity contribution < 1.29 is 0 Å². The lowest BCUT2D eigenvalue weighted by atomic mass is 9.85. The minimum Gasteiger partial charge on any atom is -0.314 e. The molecule has 1 unspecified atom stereocenters. The van der Waals surface area contributed by atoms with E-state index < -0.39 is 0 Å². The normalized spacial score (nSPS) is 23.8. The van der Waals surface area contributed by atoms with E-state index >= 15 is 0 Å². The Balaban J connectivity index is 1.72. The van der Waals surface area contributed by atoms with Gasteiger partial charge in [0.2, 0.25) is 0 Å². The molecule has 1 fully saturated rings. The molecule has 0 saturated heterocycles. The maximum Gasteiger partial charge on any atom is 0.0492 e. The number of nitrogens with zero attached hydrogens (tertiary/aromatic N) is 2. The summed E-state index contributed by atoms with van der Waals surface area (Å²) >= 11 is 0. The molecule has 1 saturated carbocycles. The molecular formula is C15H27N3. The zero-order valence-corrected chi connectivity index (χ0v) is 12.1. The molecule has 1 heterocycles. The van der Waals surface area contributed by atoms with Crippen LogP contribution in [-0.4, -0.2) is 22.4 Å². The highest BCUT2D eigenvalue weighted by Crippen LogP contribution is 2.33. The van der Waals surface area contributed by atoms with Crippen molar-refractivity contribution in [3.05, 3.63) is 18.0 Å². The van der Waals surface area contributed by atoms with Crippen LogP contribution in [0.3, 0.4) is 0 Å². The van der Waals surface area contributed by atoms with Crippen molar-refractivity contribution in [2.75, 3.05) is 6.54 Å². The van der Waals surface area contributed by atoms with Crippen molar-refractivity contribution in [2.24, 2.45) is 12.5 Å². The summed E-state index contributed by atoms with van der Waals surface area (Å²) in [4.78, 5) is 0. The molecule has 102 valence electrons. The Morgan fingerprint density at radius 2 is 2.22 bits per heavy atom. The summed E-state index contributed by atoms with van der Waals surface area (Å²) in [6, 6.07) is 2.83. The summed E-state index contributed by atoms with van der Waals surface area (Å²) in [7, 11) is 2.02. The van der Waals surface area contributed by atoms with Crippen molar-refractivity contribution in [1.29, 1.82) is 0 Å². The van der Waals surface area contributed by atoms with E-state index in [1.807, 2.05) is 17.9 Å². The molecule has 1 atom stereocenters. The lowest BCUT2D eigenvalue weighted by Gasteiger charge is -2.22. The molecule has 1 aromatic heterocycles. The van der Waals surface area contributed by atoms with Gasteiger partial charge in [0.1, 0.15) is 0 Å². The van der Waals surface area contributed by atoms with Gasteiger partial charge < -0.3 is 5.32 Å². The van der Waals surface area contributed by atoms with Crippen LogP contribution in [0.1, 0.15) is 51.6 Å². The van der Waals surface area contributed by atoms with E-state index in [-0.39, 0.29) is 0 Å². The van der Waals surface area contributed by atoms with Crippen molar-refractivity contribution in [3.63, 3.8) is 0 Å². The van der Waals surface area contributed by atoms with Gasteiger partial charge >= 0.3 is 0 Å². The van der Waals surface area contributed by atoms with Crippen molar-refractivity contribution in [3.8, 4) is 0 Å². The van der Waals surface area contributed by atoms with Gasteiger partial charge in [-0.25, -0.2) is 0 Å². The molecule has 0 aliphatic heterocycles. The van der Waals surface area contributed by atoms with Crippen LogP contribution < -0.4 is 5.32 Å². The Hall–Kier alpha value is -0.830. The Kier molecular flexibility index (Phi) is 4.44. The summed E-state index contributed by atoms with van der Waals surface area (Å²) in [5.41, 5.74) is 1.87. The first-order valence-corrected chi connectivity index (χ1v) is 7.27. The number of hydrogen-bond acceptors (Lipinski definition) is 2. The van der Waals surface area contributed by atoms with Crippen LogP contribution in [0.5, 0.6) is 0 Å². The smallest absolute Gasteiger partial charge is 0.0492 e. The first-order chi connectivity index (χ1) is 8.57. The summed E-state index contributed by atoms with van der Waals surface area (Å²) in [5, 5.41) is 7.93. The van der Waals surface area contributed by atoms with Crippen LogP contribution in [0.15, 0.2) is 12.3 Å². The van der Waals surface area contributed by atoms with Gasteiger partial charge in [-0.15, -0.1) is 0 Å². The maximum absolute atomic E-state index is 4.20. The minimum atomic E-state index is 0.554. The highest BCUT2D eigenvalue weighted by Gasteiger charge is 2.23. The third-order valence-corrected chi connectivity index (χ3v) is 4.31. The van der Waals surface area contributed by atoms with Gasteiger partial charge in [-0.3, -0.25) is 4.68 Å². The second-order valence-corrected chi connectivity index (χ2v) is 6.44. The fourth-order valence-corrected chi connectivity index (χ4v) is 2.92. The predicted molar refractivity (Wildman–Crippen MR) is 75.6 cm³/mol. The van der Waals surface area contributed by atoms with Crippen molar-refractivity contribution >= 4 is 0 Å². The molecule has 1 aromatic rings. The third kappa shape index (κ3) is 3.84. The van der Waals surface area contributed by atoms with Crippen LogP contribution in [0.2, 0.25) is 0 Å². The summed E-state index contributed by atoms with van der Waals surface area (Å²) in [6.07, 6.45) is 9.74. The topological polar surface area (TPSA) is 29.9 Å². The van der Waals surface area contributed by atoms with Gasteiger partial charge in [-0.1, -0.05) is 20.3 Å². The molecule has 3 heteroatoms. The van der Waals surface area contributed by atoms with Gasteiger partial charge in [-0.2, -0.15) is 5.10 Å². The number of nitrogens with one attached hydrogen (secondary N) is 1. The van der Waals surface area contributed by atoms with E-state index in [2.05, 4.69) is 30.3 Å². The number of hydrogen-bond donors (Lipinski definition) is 1. The van der Waals surface area contributed by atoms with E-state index in [1.165, 1.54) is 37.8 Å².